The number of likely N-dealkylation sites (N-methyl/N-ethyl adjacent to an activating group) is 1. The van der Waals surface area contributed by atoms with E-state index < -0.39 is 0 Å². The van der Waals surface area contributed by atoms with Crippen LogP contribution < -0.4 is 0 Å². The number of carbonyl (C=O) groups is 2. The van der Waals surface area contributed by atoms with E-state index in [2.05, 4.69) is 6.92 Å². The molecule has 0 N–H and O–H groups in total. The van der Waals surface area contributed by atoms with E-state index >= 15 is 0 Å². The minimum absolute atomic E-state index is 0.0182. The first-order valence-electron chi connectivity index (χ1n) is 8.92. The lowest BCUT2D eigenvalue weighted by Gasteiger charge is -2.36. The fourth-order valence-electron chi connectivity index (χ4n) is 3.87. The van der Waals surface area contributed by atoms with E-state index in [1.165, 1.54) is 5.57 Å². The molecule has 1 aromatic heterocycles. The minimum atomic E-state index is -0.315. The number of nitrogens with zero attached hydrogens (tertiary/aromatic N) is 2. The Morgan fingerprint density at radius 3 is 2.77 bits per heavy atom. The summed E-state index contributed by atoms with van der Waals surface area (Å²) in [5, 5.41) is 0. The molecule has 0 saturated heterocycles. The molecule has 1 aromatic carbocycles. The summed E-state index contributed by atoms with van der Waals surface area (Å²) >= 11 is 0. The van der Waals surface area contributed by atoms with E-state index in [1.54, 1.807) is 18.2 Å². The van der Waals surface area contributed by atoms with Gasteiger partial charge < -0.3 is 14.2 Å². The van der Waals surface area contributed by atoms with E-state index in [9.17, 15) is 9.59 Å². The van der Waals surface area contributed by atoms with E-state index in [0.717, 1.165) is 23.3 Å². The van der Waals surface area contributed by atoms with Gasteiger partial charge in [-0.1, -0.05) is 23.8 Å². The van der Waals surface area contributed by atoms with Gasteiger partial charge in [0.1, 0.15) is 5.76 Å². The summed E-state index contributed by atoms with van der Waals surface area (Å²) in [5.41, 5.74) is 3.82. The Kier molecular flexibility index (Phi) is 4.15. The highest BCUT2D eigenvalue weighted by Gasteiger charge is 2.36. The molecule has 26 heavy (non-hydrogen) atoms. The molecular formula is C21H22N2O3. The number of benzene rings is 1. The van der Waals surface area contributed by atoms with Crippen LogP contribution in [0.25, 0.3) is 5.57 Å². The number of fused-ring (bicyclic) bond motifs is 1. The number of hydrogen-bond acceptors (Lipinski definition) is 3. The third-order valence-corrected chi connectivity index (χ3v) is 5.42. The van der Waals surface area contributed by atoms with Crippen molar-refractivity contribution >= 4 is 17.4 Å². The quantitative estimate of drug-likeness (QED) is 0.836. The van der Waals surface area contributed by atoms with Crippen molar-refractivity contribution < 1.29 is 14.0 Å². The number of hydrogen-bond donors (Lipinski definition) is 0. The van der Waals surface area contributed by atoms with Crippen LogP contribution in [0.1, 0.15) is 40.9 Å². The molecule has 5 heteroatoms. The Labute approximate surface area is 152 Å². The van der Waals surface area contributed by atoms with Gasteiger partial charge in [-0.15, -0.1) is 0 Å². The van der Waals surface area contributed by atoms with Gasteiger partial charge in [-0.25, -0.2) is 0 Å². The van der Waals surface area contributed by atoms with Gasteiger partial charge in [-0.3, -0.25) is 9.59 Å². The van der Waals surface area contributed by atoms with Gasteiger partial charge in [0.2, 0.25) is 5.91 Å². The van der Waals surface area contributed by atoms with Crippen LogP contribution in [0.2, 0.25) is 0 Å². The van der Waals surface area contributed by atoms with Crippen LogP contribution in [0.5, 0.6) is 0 Å². The molecule has 0 aliphatic carbocycles. The van der Waals surface area contributed by atoms with Gasteiger partial charge in [0.05, 0.1) is 12.2 Å². The lowest BCUT2D eigenvalue weighted by Crippen LogP contribution is -2.46. The molecule has 2 aliphatic rings. The van der Waals surface area contributed by atoms with Gasteiger partial charge >= 0.3 is 0 Å². The number of amides is 2. The monoisotopic (exact) mass is 350 g/mol. The molecule has 3 heterocycles. The summed E-state index contributed by atoms with van der Waals surface area (Å²) in [6.07, 6.45) is 2.50. The van der Waals surface area contributed by atoms with Crippen LogP contribution in [0.3, 0.4) is 0 Å². The van der Waals surface area contributed by atoms with Crippen LogP contribution in [0.15, 0.2) is 52.7 Å². The fraction of sp³-hybridized carbons (Fsp3) is 0.333. The standard InChI is InChI=1S/C21H22N2O3/c1-14-9-10-23(13-17(14)19-8-5-11-26-19)21(25)18-12-22(2)20(24)16-7-4-3-6-15(16)18/h3-8,11,18H,9-10,12-13H2,1-2H3. The predicted octanol–water partition coefficient (Wildman–Crippen LogP) is 3.15. The Bertz CT molecular complexity index is 882. The highest BCUT2D eigenvalue weighted by Crippen LogP contribution is 2.32. The van der Waals surface area contributed by atoms with E-state index in [-0.39, 0.29) is 17.7 Å². The first-order valence-corrected chi connectivity index (χ1v) is 8.92. The zero-order chi connectivity index (χ0) is 18.3. The molecule has 2 aliphatic heterocycles. The Balaban J connectivity index is 1.63. The normalized spacial score (nSPS) is 20.4. The highest BCUT2D eigenvalue weighted by atomic mass is 16.3. The smallest absolute Gasteiger partial charge is 0.253 e. The second kappa shape index (κ2) is 6.48. The van der Waals surface area contributed by atoms with Crippen molar-refractivity contribution in [2.24, 2.45) is 0 Å². The van der Waals surface area contributed by atoms with E-state index in [4.69, 9.17) is 4.42 Å². The number of furan rings is 1. The number of rotatable bonds is 2. The summed E-state index contributed by atoms with van der Waals surface area (Å²) in [6, 6.07) is 11.3. The molecule has 0 spiro atoms. The van der Waals surface area contributed by atoms with E-state index in [0.29, 0.717) is 25.2 Å². The zero-order valence-electron chi connectivity index (χ0n) is 15.1. The Morgan fingerprint density at radius 2 is 2.00 bits per heavy atom. The van der Waals surface area contributed by atoms with Crippen LogP contribution in [-0.4, -0.2) is 48.3 Å². The molecule has 134 valence electrons. The summed E-state index contributed by atoms with van der Waals surface area (Å²) in [6.45, 7) is 3.77. The van der Waals surface area contributed by atoms with Crippen LogP contribution in [0, 0.1) is 0 Å². The summed E-state index contributed by atoms with van der Waals surface area (Å²) in [7, 11) is 1.76. The molecule has 0 saturated carbocycles. The SMILES string of the molecule is CC1=C(c2ccco2)CN(C(=O)C2CN(C)C(=O)c3ccccc32)CC1. The maximum atomic E-state index is 13.3. The van der Waals surface area contributed by atoms with Crippen LogP contribution >= 0.6 is 0 Å². The largest absolute Gasteiger partial charge is 0.465 e. The number of carbonyl (C=O) groups excluding carboxylic acids is 2. The van der Waals surface area contributed by atoms with Crippen LogP contribution in [-0.2, 0) is 4.79 Å². The average Bonchev–Trinajstić information content (AvgIpc) is 3.19. The molecule has 1 atom stereocenters. The molecule has 4 rings (SSSR count). The van der Waals surface area contributed by atoms with Crippen LogP contribution in [0.4, 0.5) is 0 Å². The maximum absolute atomic E-state index is 13.3. The Morgan fingerprint density at radius 1 is 1.19 bits per heavy atom. The second-order valence-electron chi connectivity index (χ2n) is 7.07. The molecule has 2 aromatic rings. The van der Waals surface area contributed by atoms with E-state index in [1.807, 2.05) is 41.3 Å². The topological polar surface area (TPSA) is 53.8 Å². The van der Waals surface area contributed by atoms with Gasteiger partial charge in [0.15, 0.2) is 0 Å². The van der Waals surface area contributed by atoms with Crippen molar-refractivity contribution in [3.05, 3.63) is 65.1 Å². The minimum Gasteiger partial charge on any atom is -0.465 e. The van der Waals surface area contributed by atoms with Crippen molar-refractivity contribution in [2.45, 2.75) is 19.3 Å². The Hall–Kier alpha value is -2.82. The molecule has 5 nitrogen and oxygen atoms in total. The van der Waals surface area contributed by atoms with Crippen molar-refractivity contribution in [2.75, 3.05) is 26.7 Å². The summed E-state index contributed by atoms with van der Waals surface area (Å²) in [5.74, 6) is 0.574. The lowest BCUT2D eigenvalue weighted by molar-refractivity contribution is -0.132. The van der Waals surface area contributed by atoms with Gasteiger partial charge in [-0.05, 0) is 37.1 Å². The first-order chi connectivity index (χ1) is 12.6. The molecule has 0 fully saturated rings. The summed E-state index contributed by atoms with van der Waals surface area (Å²) < 4.78 is 5.56. The third kappa shape index (κ3) is 2.73. The van der Waals surface area contributed by atoms with Crippen molar-refractivity contribution in [1.29, 1.82) is 0 Å². The first kappa shape index (κ1) is 16.6. The third-order valence-electron chi connectivity index (χ3n) is 5.42. The molecule has 0 radical (unpaired) electrons. The molecular weight excluding hydrogens is 328 g/mol. The predicted molar refractivity (Wildman–Crippen MR) is 98.6 cm³/mol. The summed E-state index contributed by atoms with van der Waals surface area (Å²) in [4.78, 5) is 29.3. The van der Waals surface area contributed by atoms with Gasteiger partial charge in [0.25, 0.3) is 5.91 Å². The van der Waals surface area contributed by atoms with Gasteiger partial charge in [0, 0.05) is 37.8 Å². The van der Waals surface area contributed by atoms with Crippen molar-refractivity contribution in [3.8, 4) is 0 Å². The highest BCUT2D eigenvalue weighted by molar-refractivity contribution is 6.00. The fourth-order valence-corrected chi connectivity index (χ4v) is 3.87. The molecule has 0 bridgehead atoms. The molecule has 2 amide bonds. The zero-order valence-corrected chi connectivity index (χ0v) is 15.1. The average molecular weight is 350 g/mol. The maximum Gasteiger partial charge on any atom is 0.253 e. The second-order valence-corrected chi connectivity index (χ2v) is 7.07. The van der Waals surface area contributed by atoms with Crippen molar-refractivity contribution in [1.82, 2.24) is 9.80 Å². The molecule has 1 unspecified atom stereocenters. The van der Waals surface area contributed by atoms with Gasteiger partial charge in [-0.2, -0.15) is 0 Å². The van der Waals surface area contributed by atoms with Crippen molar-refractivity contribution in [3.63, 3.8) is 0 Å². The lowest BCUT2D eigenvalue weighted by atomic mass is 9.87.